The molecule has 2 rings (SSSR count). The minimum absolute atomic E-state index is 0.0725. The van der Waals surface area contributed by atoms with Crippen molar-refractivity contribution in [3.05, 3.63) is 0 Å². The molecule has 1 N–H and O–H groups in total. The molecule has 1 aliphatic carbocycles. The van der Waals surface area contributed by atoms with Crippen LogP contribution in [0.4, 0.5) is 13.2 Å². The first-order valence-corrected chi connectivity index (χ1v) is 6.98. The molecular weight excluding hydrogens is 241 g/mol. The van der Waals surface area contributed by atoms with Crippen molar-refractivity contribution >= 4 is 0 Å². The van der Waals surface area contributed by atoms with Crippen LogP contribution in [0.15, 0.2) is 0 Å². The van der Waals surface area contributed by atoms with Crippen LogP contribution in [0.3, 0.4) is 0 Å². The summed E-state index contributed by atoms with van der Waals surface area (Å²) in [5.41, 5.74) is 0. The Kier molecular flexibility index (Phi) is 4.54. The molecule has 0 spiro atoms. The summed E-state index contributed by atoms with van der Waals surface area (Å²) >= 11 is 0. The average Bonchev–Trinajstić information content (AvgIpc) is 2.55. The molecule has 1 heterocycles. The highest BCUT2D eigenvalue weighted by atomic mass is 19.4. The quantitative estimate of drug-likeness (QED) is 0.783. The van der Waals surface area contributed by atoms with E-state index in [4.69, 9.17) is 0 Å². The maximum absolute atomic E-state index is 12.9. The first-order valence-electron chi connectivity index (χ1n) is 6.98. The van der Waals surface area contributed by atoms with Crippen molar-refractivity contribution in [2.75, 3.05) is 26.2 Å². The summed E-state index contributed by atoms with van der Waals surface area (Å²) in [7, 11) is 0. The van der Waals surface area contributed by atoms with E-state index in [1.807, 2.05) is 0 Å². The second-order valence-corrected chi connectivity index (χ2v) is 5.85. The van der Waals surface area contributed by atoms with Crippen molar-refractivity contribution in [2.24, 2.45) is 11.8 Å². The summed E-state index contributed by atoms with van der Waals surface area (Å²) in [5.74, 6) is -0.468. The number of nitrogens with zero attached hydrogens (tertiary/aromatic N) is 1. The minimum Gasteiger partial charge on any atom is -0.315 e. The van der Waals surface area contributed by atoms with Gasteiger partial charge in [0.2, 0.25) is 0 Å². The van der Waals surface area contributed by atoms with Gasteiger partial charge in [-0.25, -0.2) is 0 Å². The van der Waals surface area contributed by atoms with Crippen LogP contribution in [-0.4, -0.2) is 43.3 Å². The molecular formula is C13H23F3N2. The van der Waals surface area contributed by atoms with E-state index < -0.39 is 12.1 Å². The van der Waals surface area contributed by atoms with E-state index >= 15 is 0 Å². The Morgan fingerprint density at radius 2 is 1.78 bits per heavy atom. The second-order valence-electron chi connectivity index (χ2n) is 5.85. The minimum atomic E-state index is -4.07. The molecule has 0 radical (unpaired) electrons. The molecule has 18 heavy (non-hydrogen) atoms. The standard InChI is InChI=1S/C13H23F3N2/c1-10-2-4-12(5-3-10)18-7-6-17-8-11(9-18)13(14,15)16/h10-12,17H,2-9H2,1H3. The molecule has 0 aromatic heterocycles. The van der Waals surface area contributed by atoms with Crippen LogP contribution < -0.4 is 5.32 Å². The summed E-state index contributed by atoms with van der Waals surface area (Å²) in [6.45, 7) is 3.92. The molecule has 2 fully saturated rings. The van der Waals surface area contributed by atoms with Gasteiger partial charge in [0.1, 0.15) is 0 Å². The molecule has 0 bridgehead atoms. The smallest absolute Gasteiger partial charge is 0.315 e. The van der Waals surface area contributed by atoms with Gasteiger partial charge in [-0.1, -0.05) is 6.92 Å². The molecule has 1 unspecified atom stereocenters. The zero-order valence-corrected chi connectivity index (χ0v) is 11.0. The Hall–Kier alpha value is -0.290. The zero-order valence-electron chi connectivity index (χ0n) is 11.0. The maximum Gasteiger partial charge on any atom is 0.394 e. The van der Waals surface area contributed by atoms with Gasteiger partial charge in [0.15, 0.2) is 0 Å². The van der Waals surface area contributed by atoms with Crippen LogP contribution in [0.2, 0.25) is 0 Å². The molecule has 1 saturated heterocycles. The molecule has 5 heteroatoms. The number of hydrogen-bond donors (Lipinski definition) is 1. The van der Waals surface area contributed by atoms with Gasteiger partial charge in [0.25, 0.3) is 0 Å². The third-order valence-corrected chi connectivity index (χ3v) is 4.39. The highest BCUT2D eigenvalue weighted by Crippen LogP contribution is 2.31. The van der Waals surface area contributed by atoms with E-state index in [-0.39, 0.29) is 13.1 Å². The lowest BCUT2D eigenvalue weighted by Gasteiger charge is -2.36. The van der Waals surface area contributed by atoms with Crippen LogP contribution in [-0.2, 0) is 0 Å². The Labute approximate surface area is 107 Å². The van der Waals surface area contributed by atoms with Crippen LogP contribution in [0, 0.1) is 11.8 Å². The van der Waals surface area contributed by atoms with Crippen LogP contribution >= 0.6 is 0 Å². The summed E-state index contributed by atoms with van der Waals surface area (Å²) in [4.78, 5) is 2.07. The van der Waals surface area contributed by atoms with E-state index in [0.717, 1.165) is 38.1 Å². The molecule has 0 amide bonds. The Morgan fingerprint density at radius 1 is 1.11 bits per heavy atom. The third-order valence-electron chi connectivity index (χ3n) is 4.39. The molecule has 0 aromatic carbocycles. The number of rotatable bonds is 1. The maximum atomic E-state index is 12.9. The van der Waals surface area contributed by atoms with Gasteiger partial charge in [0, 0.05) is 32.2 Å². The first kappa shape index (κ1) is 14.1. The highest BCUT2D eigenvalue weighted by molar-refractivity contribution is 4.85. The fraction of sp³-hybridized carbons (Fsp3) is 1.00. The summed E-state index contributed by atoms with van der Waals surface area (Å²) in [6.07, 6.45) is 0.367. The Morgan fingerprint density at radius 3 is 2.39 bits per heavy atom. The third kappa shape index (κ3) is 3.60. The van der Waals surface area contributed by atoms with Crippen molar-refractivity contribution in [1.82, 2.24) is 10.2 Å². The van der Waals surface area contributed by atoms with Gasteiger partial charge >= 0.3 is 6.18 Å². The lowest BCUT2D eigenvalue weighted by atomic mass is 9.86. The number of alkyl halides is 3. The SMILES string of the molecule is CC1CCC(N2CCNCC(C(F)(F)F)C2)CC1. The molecule has 1 atom stereocenters. The first-order chi connectivity index (χ1) is 8.47. The Bertz CT molecular complexity index is 259. The largest absolute Gasteiger partial charge is 0.394 e. The van der Waals surface area contributed by atoms with Gasteiger partial charge < -0.3 is 5.32 Å². The van der Waals surface area contributed by atoms with Crippen molar-refractivity contribution in [3.63, 3.8) is 0 Å². The lowest BCUT2D eigenvalue weighted by Crippen LogP contribution is -2.44. The van der Waals surface area contributed by atoms with E-state index in [0.29, 0.717) is 12.6 Å². The topological polar surface area (TPSA) is 15.3 Å². The van der Waals surface area contributed by atoms with Crippen LogP contribution in [0.25, 0.3) is 0 Å². The highest BCUT2D eigenvalue weighted by Gasteiger charge is 2.42. The van der Waals surface area contributed by atoms with Crippen LogP contribution in [0.1, 0.15) is 32.6 Å². The molecule has 1 saturated carbocycles. The molecule has 1 aliphatic heterocycles. The van der Waals surface area contributed by atoms with Gasteiger partial charge in [-0.15, -0.1) is 0 Å². The van der Waals surface area contributed by atoms with Crippen LogP contribution in [0.5, 0.6) is 0 Å². The van der Waals surface area contributed by atoms with Crippen molar-refractivity contribution in [2.45, 2.75) is 44.8 Å². The molecule has 2 nitrogen and oxygen atoms in total. The number of halogens is 3. The predicted molar refractivity (Wildman–Crippen MR) is 65.4 cm³/mol. The molecule has 106 valence electrons. The van der Waals surface area contributed by atoms with E-state index in [2.05, 4.69) is 17.1 Å². The summed E-state index contributed by atoms with van der Waals surface area (Å²) in [5, 5.41) is 2.92. The average molecular weight is 264 g/mol. The zero-order chi connectivity index (χ0) is 13.2. The van der Waals surface area contributed by atoms with Crippen molar-refractivity contribution < 1.29 is 13.2 Å². The second kappa shape index (κ2) is 5.78. The number of hydrogen-bond acceptors (Lipinski definition) is 2. The van der Waals surface area contributed by atoms with Gasteiger partial charge in [-0.3, -0.25) is 4.90 Å². The monoisotopic (exact) mass is 264 g/mol. The van der Waals surface area contributed by atoms with E-state index in [9.17, 15) is 13.2 Å². The fourth-order valence-electron chi connectivity index (χ4n) is 3.10. The lowest BCUT2D eigenvalue weighted by molar-refractivity contribution is -0.177. The van der Waals surface area contributed by atoms with Crippen molar-refractivity contribution in [3.8, 4) is 0 Å². The number of nitrogens with one attached hydrogen (secondary N) is 1. The van der Waals surface area contributed by atoms with Gasteiger partial charge in [0.05, 0.1) is 5.92 Å². The normalized spacial score (nSPS) is 36.3. The van der Waals surface area contributed by atoms with Gasteiger partial charge in [-0.05, 0) is 31.6 Å². The molecule has 0 aromatic rings. The molecule has 2 aliphatic rings. The van der Waals surface area contributed by atoms with E-state index in [1.165, 1.54) is 0 Å². The van der Waals surface area contributed by atoms with Crippen molar-refractivity contribution in [1.29, 1.82) is 0 Å². The summed E-state index contributed by atoms with van der Waals surface area (Å²) in [6, 6.07) is 0.367. The fourth-order valence-corrected chi connectivity index (χ4v) is 3.10. The predicted octanol–water partition coefficient (Wildman–Crippen LogP) is 2.65. The summed E-state index contributed by atoms with van der Waals surface area (Å²) < 4.78 is 38.6. The van der Waals surface area contributed by atoms with Gasteiger partial charge in [-0.2, -0.15) is 13.2 Å². The van der Waals surface area contributed by atoms with E-state index in [1.54, 1.807) is 0 Å². The Balaban J connectivity index is 1.94.